The van der Waals surface area contributed by atoms with E-state index in [-0.39, 0.29) is 5.69 Å². The molecule has 0 spiro atoms. The lowest BCUT2D eigenvalue weighted by Crippen LogP contribution is -2.34. The van der Waals surface area contributed by atoms with Gasteiger partial charge in [-0.25, -0.2) is 4.79 Å². The molecule has 25 heavy (non-hydrogen) atoms. The van der Waals surface area contributed by atoms with E-state index in [1.165, 1.54) is 17.6 Å². The van der Waals surface area contributed by atoms with E-state index in [0.29, 0.717) is 5.92 Å². The Hall–Kier alpha value is -2.08. The highest BCUT2D eigenvalue weighted by atomic mass is 16.5. The van der Waals surface area contributed by atoms with E-state index in [1.54, 1.807) is 7.11 Å². The lowest BCUT2D eigenvalue weighted by atomic mass is 9.96. The van der Waals surface area contributed by atoms with Crippen LogP contribution in [0.15, 0.2) is 29.1 Å². The summed E-state index contributed by atoms with van der Waals surface area (Å²) in [6, 6.07) is 7.37. The molecule has 1 aromatic carbocycles. The Morgan fingerprint density at radius 1 is 1.24 bits per heavy atom. The summed E-state index contributed by atoms with van der Waals surface area (Å²) < 4.78 is 6.60. The number of H-pyrrole nitrogens is 1. The second-order valence-electron chi connectivity index (χ2n) is 7.22. The second-order valence-corrected chi connectivity index (χ2v) is 7.22. The number of rotatable bonds is 6. The summed E-state index contributed by atoms with van der Waals surface area (Å²) in [6.45, 7) is 7.86. The van der Waals surface area contributed by atoms with Crippen LogP contribution in [0.4, 0.5) is 0 Å². The van der Waals surface area contributed by atoms with Gasteiger partial charge in [-0.2, -0.15) is 4.68 Å². The molecule has 0 amide bonds. The van der Waals surface area contributed by atoms with Crippen LogP contribution in [0, 0.1) is 5.92 Å². The standard InChI is InChI=1S/C19H28N4O2/c1-14(2)8-11-22-12-9-15(10-13-22)18-20-19(24)23(21-18)16-4-6-17(25-3)7-5-16/h4-7,14-15H,8-13H2,1-3H3,(H,20,21,24). The number of hydrogen-bond donors (Lipinski definition) is 1. The predicted octanol–water partition coefficient (Wildman–Crippen LogP) is 2.79. The first-order valence-electron chi connectivity index (χ1n) is 9.13. The predicted molar refractivity (Wildman–Crippen MR) is 98.6 cm³/mol. The third-order valence-electron chi connectivity index (χ3n) is 4.95. The Labute approximate surface area is 148 Å². The number of methoxy groups -OCH3 is 1. The molecule has 1 saturated heterocycles. The molecule has 0 radical (unpaired) electrons. The lowest BCUT2D eigenvalue weighted by Gasteiger charge is -2.31. The molecule has 0 atom stereocenters. The maximum atomic E-state index is 12.3. The van der Waals surface area contributed by atoms with E-state index >= 15 is 0 Å². The molecule has 6 nitrogen and oxygen atoms in total. The largest absolute Gasteiger partial charge is 0.497 e. The molecule has 1 aliphatic heterocycles. The first-order chi connectivity index (χ1) is 12.1. The van der Waals surface area contributed by atoms with Gasteiger partial charge in [0.2, 0.25) is 0 Å². The molecular weight excluding hydrogens is 316 g/mol. The molecule has 3 rings (SSSR count). The molecule has 0 unspecified atom stereocenters. The van der Waals surface area contributed by atoms with Gasteiger partial charge in [0.05, 0.1) is 12.8 Å². The summed E-state index contributed by atoms with van der Waals surface area (Å²) in [5.74, 6) is 2.66. The minimum absolute atomic E-state index is 0.178. The number of hydrogen-bond acceptors (Lipinski definition) is 4. The van der Waals surface area contributed by atoms with Crippen molar-refractivity contribution in [1.82, 2.24) is 19.7 Å². The third-order valence-corrected chi connectivity index (χ3v) is 4.95. The van der Waals surface area contributed by atoms with Crippen molar-refractivity contribution in [3.05, 3.63) is 40.6 Å². The van der Waals surface area contributed by atoms with E-state index in [0.717, 1.165) is 49.1 Å². The number of nitrogens with zero attached hydrogens (tertiary/aromatic N) is 3. The Morgan fingerprint density at radius 2 is 1.92 bits per heavy atom. The van der Waals surface area contributed by atoms with Crippen LogP contribution >= 0.6 is 0 Å². The smallest absolute Gasteiger partial charge is 0.348 e. The fraction of sp³-hybridized carbons (Fsp3) is 0.579. The van der Waals surface area contributed by atoms with Gasteiger partial charge in [-0.1, -0.05) is 13.8 Å². The van der Waals surface area contributed by atoms with Crippen LogP contribution in [0.2, 0.25) is 0 Å². The number of piperidine rings is 1. The highest BCUT2D eigenvalue weighted by Crippen LogP contribution is 2.25. The van der Waals surface area contributed by atoms with Gasteiger partial charge in [0.25, 0.3) is 0 Å². The van der Waals surface area contributed by atoms with Crippen molar-refractivity contribution >= 4 is 0 Å². The van der Waals surface area contributed by atoms with Gasteiger partial charge in [-0.05, 0) is 69.1 Å². The van der Waals surface area contributed by atoms with Gasteiger partial charge >= 0.3 is 5.69 Å². The minimum Gasteiger partial charge on any atom is -0.497 e. The SMILES string of the molecule is COc1ccc(-n2nc(C3CCN(CCC(C)C)CC3)[nH]c2=O)cc1. The highest BCUT2D eigenvalue weighted by Gasteiger charge is 2.24. The zero-order valence-corrected chi connectivity index (χ0v) is 15.4. The molecule has 6 heteroatoms. The average molecular weight is 344 g/mol. The number of aromatic nitrogens is 3. The third kappa shape index (κ3) is 4.31. The number of likely N-dealkylation sites (tertiary alicyclic amines) is 1. The van der Waals surface area contributed by atoms with E-state index < -0.39 is 0 Å². The van der Waals surface area contributed by atoms with E-state index in [4.69, 9.17) is 4.74 Å². The summed E-state index contributed by atoms with van der Waals surface area (Å²) in [7, 11) is 1.63. The van der Waals surface area contributed by atoms with E-state index in [1.807, 2.05) is 24.3 Å². The quantitative estimate of drug-likeness (QED) is 0.875. The van der Waals surface area contributed by atoms with Gasteiger partial charge in [0.15, 0.2) is 0 Å². The van der Waals surface area contributed by atoms with Gasteiger partial charge in [0.1, 0.15) is 11.6 Å². The number of ether oxygens (including phenoxy) is 1. The monoisotopic (exact) mass is 344 g/mol. The Morgan fingerprint density at radius 3 is 2.52 bits per heavy atom. The van der Waals surface area contributed by atoms with Gasteiger partial charge in [-0.15, -0.1) is 5.10 Å². The summed E-state index contributed by atoms with van der Waals surface area (Å²) in [5.41, 5.74) is 0.574. The van der Waals surface area contributed by atoms with Gasteiger partial charge in [-0.3, -0.25) is 4.98 Å². The molecule has 136 valence electrons. The Bertz CT molecular complexity index is 725. The fourth-order valence-electron chi connectivity index (χ4n) is 3.29. The van der Waals surface area contributed by atoms with Crippen LogP contribution in [0.1, 0.15) is 44.9 Å². The van der Waals surface area contributed by atoms with Crippen LogP contribution in [-0.4, -0.2) is 46.4 Å². The minimum atomic E-state index is -0.178. The maximum Gasteiger partial charge on any atom is 0.348 e. The zero-order valence-electron chi connectivity index (χ0n) is 15.4. The molecule has 0 bridgehead atoms. The van der Waals surface area contributed by atoms with Crippen molar-refractivity contribution < 1.29 is 4.74 Å². The van der Waals surface area contributed by atoms with E-state index in [2.05, 4.69) is 28.8 Å². The first kappa shape index (κ1) is 17.7. The molecule has 0 saturated carbocycles. The fourth-order valence-corrected chi connectivity index (χ4v) is 3.29. The first-order valence-corrected chi connectivity index (χ1v) is 9.13. The van der Waals surface area contributed by atoms with Gasteiger partial charge < -0.3 is 9.64 Å². The number of benzene rings is 1. The molecule has 2 aromatic rings. The van der Waals surface area contributed by atoms with Crippen molar-refractivity contribution in [2.45, 2.75) is 39.0 Å². The summed E-state index contributed by atoms with van der Waals surface area (Å²) in [5, 5.41) is 4.55. The molecule has 1 N–H and O–H groups in total. The van der Waals surface area contributed by atoms with Crippen LogP contribution < -0.4 is 10.4 Å². The summed E-state index contributed by atoms with van der Waals surface area (Å²) >= 11 is 0. The van der Waals surface area contributed by atoms with Gasteiger partial charge in [0, 0.05) is 5.92 Å². The highest BCUT2D eigenvalue weighted by molar-refractivity contribution is 5.36. The Balaban J connectivity index is 1.65. The molecular formula is C19H28N4O2. The average Bonchev–Trinajstić information content (AvgIpc) is 3.02. The normalized spacial score (nSPS) is 16.5. The molecule has 0 aliphatic carbocycles. The lowest BCUT2D eigenvalue weighted by molar-refractivity contribution is 0.199. The van der Waals surface area contributed by atoms with Crippen molar-refractivity contribution in [2.75, 3.05) is 26.7 Å². The second kappa shape index (κ2) is 7.87. The van der Waals surface area contributed by atoms with Crippen molar-refractivity contribution in [2.24, 2.45) is 5.92 Å². The number of nitrogens with one attached hydrogen (secondary N) is 1. The number of aromatic amines is 1. The van der Waals surface area contributed by atoms with Crippen LogP contribution in [0.25, 0.3) is 5.69 Å². The summed E-state index contributed by atoms with van der Waals surface area (Å²) in [6.07, 6.45) is 3.34. The Kier molecular flexibility index (Phi) is 5.58. The molecule has 2 heterocycles. The zero-order chi connectivity index (χ0) is 17.8. The molecule has 1 fully saturated rings. The van der Waals surface area contributed by atoms with Crippen LogP contribution in [0.5, 0.6) is 5.75 Å². The van der Waals surface area contributed by atoms with Crippen molar-refractivity contribution in [3.63, 3.8) is 0 Å². The topological polar surface area (TPSA) is 63.1 Å². The van der Waals surface area contributed by atoms with Crippen LogP contribution in [-0.2, 0) is 0 Å². The maximum absolute atomic E-state index is 12.3. The molecule has 1 aromatic heterocycles. The van der Waals surface area contributed by atoms with Crippen molar-refractivity contribution in [3.8, 4) is 11.4 Å². The summed E-state index contributed by atoms with van der Waals surface area (Å²) in [4.78, 5) is 17.8. The molecule has 1 aliphatic rings. The van der Waals surface area contributed by atoms with E-state index in [9.17, 15) is 4.79 Å². The van der Waals surface area contributed by atoms with Crippen LogP contribution in [0.3, 0.4) is 0 Å². The van der Waals surface area contributed by atoms with Crippen molar-refractivity contribution in [1.29, 1.82) is 0 Å².